The van der Waals surface area contributed by atoms with E-state index < -0.39 is 0 Å². The molecule has 0 atom stereocenters. The van der Waals surface area contributed by atoms with Gasteiger partial charge in [0.05, 0.1) is 0 Å². The van der Waals surface area contributed by atoms with Crippen LogP contribution in [0.5, 0.6) is 0 Å². The maximum atomic E-state index is 3.52. The third kappa shape index (κ3) is 6.24. The highest BCUT2D eigenvalue weighted by Gasteiger charge is 2.17. The SMILES string of the molecule is Cc1ccc(CCC(C)(C)CCNC(C)C)c(C)c1. The highest BCUT2D eigenvalue weighted by atomic mass is 14.9. The molecule has 108 valence electrons. The normalized spacial score (nSPS) is 12.2. The lowest BCUT2D eigenvalue weighted by atomic mass is 9.82. The second-order valence-corrected chi connectivity index (χ2v) is 6.95. The van der Waals surface area contributed by atoms with Crippen molar-refractivity contribution in [1.29, 1.82) is 0 Å². The molecule has 1 aromatic carbocycles. The number of aryl methyl sites for hydroxylation is 3. The largest absolute Gasteiger partial charge is 0.315 e. The summed E-state index contributed by atoms with van der Waals surface area (Å²) in [6, 6.07) is 7.42. The zero-order valence-electron chi connectivity index (χ0n) is 13.6. The molecule has 0 bridgehead atoms. The van der Waals surface area contributed by atoms with E-state index in [1.54, 1.807) is 0 Å². The van der Waals surface area contributed by atoms with Gasteiger partial charge in [0.25, 0.3) is 0 Å². The van der Waals surface area contributed by atoms with Crippen molar-refractivity contribution in [2.75, 3.05) is 6.54 Å². The van der Waals surface area contributed by atoms with Gasteiger partial charge in [-0.25, -0.2) is 0 Å². The van der Waals surface area contributed by atoms with Crippen LogP contribution in [0.15, 0.2) is 18.2 Å². The van der Waals surface area contributed by atoms with Crippen LogP contribution in [-0.2, 0) is 6.42 Å². The molecule has 0 aromatic heterocycles. The second-order valence-electron chi connectivity index (χ2n) is 6.95. The third-order valence-electron chi connectivity index (χ3n) is 3.92. The molecule has 1 aromatic rings. The lowest BCUT2D eigenvalue weighted by molar-refractivity contribution is 0.298. The van der Waals surface area contributed by atoms with Gasteiger partial charge in [-0.15, -0.1) is 0 Å². The molecule has 0 heterocycles. The Labute approximate surface area is 119 Å². The van der Waals surface area contributed by atoms with Crippen LogP contribution in [0.1, 0.15) is 57.2 Å². The summed E-state index contributed by atoms with van der Waals surface area (Å²) >= 11 is 0. The van der Waals surface area contributed by atoms with Crippen LogP contribution in [0.4, 0.5) is 0 Å². The van der Waals surface area contributed by atoms with E-state index in [1.165, 1.54) is 36.0 Å². The molecule has 1 heteroatoms. The molecule has 0 aliphatic carbocycles. The van der Waals surface area contributed by atoms with Crippen LogP contribution in [0.25, 0.3) is 0 Å². The maximum absolute atomic E-state index is 3.52. The Morgan fingerprint density at radius 3 is 2.37 bits per heavy atom. The van der Waals surface area contributed by atoms with Crippen LogP contribution >= 0.6 is 0 Å². The smallest absolute Gasteiger partial charge is 0.00103 e. The van der Waals surface area contributed by atoms with Crippen LogP contribution in [-0.4, -0.2) is 12.6 Å². The molecule has 0 radical (unpaired) electrons. The van der Waals surface area contributed by atoms with E-state index in [1.807, 2.05) is 0 Å². The zero-order chi connectivity index (χ0) is 14.5. The Hall–Kier alpha value is -0.820. The number of hydrogen-bond acceptors (Lipinski definition) is 1. The Bertz CT molecular complexity index is 391. The lowest BCUT2D eigenvalue weighted by Gasteiger charge is -2.26. The van der Waals surface area contributed by atoms with Crippen LogP contribution < -0.4 is 5.32 Å². The van der Waals surface area contributed by atoms with Gasteiger partial charge in [0.2, 0.25) is 0 Å². The van der Waals surface area contributed by atoms with Crippen molar-refractivity contribution in [3.63, 3.8) is 0 Å². The quantitative estimate of drug-likeness (QED) is 0.753. The predicted molar refractivity (Wildman–Crippen MR) is 85.8 cm³/mol. The molecule has 0 amide bonds. The Balaban J connectivity index is 2.45. The average Bonchev–Trinajstić information content (AvgIpc) is 2.27. The Kier molecular flexibility index (Phi) is 6.06. The molecular formula is C18H31N. The summed E-state index contributed by atoms with van der Waals surface area (Å²) in [4.78, 5) is 0. The van der Waals surface area contributed by atoms with Gasteiger partial charge in [-0.3, -0.25) is 0 Å². The van der Waals surface area contributed by atoms with E-state index in [9.17, 15) is 0 Å². The fourth-order valence-electron chi connectivity index (χ4n) is 2.42. The number of hydrogen-bond donors (Lipinski definition) is 1. The highest BCUT2D eigenvalue weighted by Crippen LogP contribution is 2.27. The van der Waals surface area contributed by atoms with Gasteiger partial charge in [-0.1, -0.05) is 51.5 Å². The second kappa shape index (κ2) is 7.09. The monoisotopic (exact) mass is 261 g/mol. The zero-order valence-corrected chi connectivity index (χ0v) is 13.6. The van der Waals surface area contributed by atoms with Gasteiger partial charge in [0.15, 0.2) is 0 Å². The molecule has 0 spiro atoms. The van der Waals surface area contributed by atoms with E-state index >= 15 is 0 Å². The first-order valence-electron chi connectivity index (χ1n) is 7.60. The minimum atomic E-state index is 0.416. The summed E-state index contributed by atoms with van der Waals surface area (Å²) < 4.78 is 0. The van der Waals surface area contributed by atoms with Crippen molar-refractivity contribution >= 4 is 0 Å². The summed E-state index contributed by atoms with van der Waals surface area (Å²) in [6.45, 7) is 14.7. The van der Waals surface area contributed by atoms with Crippen molar-refractivity contribution in [2.24, 2.45) is 5.41 Å². The van der Waals surface area contributed by atoms with Crippen molar-refractivity contribution < 1.29 is 0 Å². The molecule has 0 saturated carbocycles. The highest BCUT2D eigenvalue weighted by molar-refractivity contribution is 5.30. The molecule has 0 aliphatic rings. The van der Waals surface area contributed by atoms with Crippen molar-refractivity contribution in [3.8, 4) is 0 Å². The minimum Gasteiger partial charge on any atom is -0.315 e. The van der Waals surface area contributed by atoms with Crippen LogP contribution in [0, 0.1) is 19.3 Å². The van der Waals surface area contributed by atoms with Crippen molar-refractivity contribution in [2.45, 2.75) is 66.8 Å². The summed E-state index contributed by atoms with van der Waals surface area (Å²) in [5, 5.41) is 3.52. The van der Waals surface area contributed by atoms with E-state index in [-0.39, 0.29) is 0 Å². The fourth-order valence-corrected chi connectivity index (χ4v) is 2.42. The summed E-state index contributed by atoms with van der Waals surface area (Å²) in [5.74, 6) is 0. The topological polar surface area (TPSA) is 12.0 Å². The molecule has 1 N–H and O–H groups in total. The van der Waals surface area contributed by atoms with Crippen molar-refractivity contribution in [3.05, 3.63) is 34.9 Å². The number of nitrogens with one attached hydrogen (secondary N) is 1. The Morgan fingerprint density at radius 2 is 1.79 bits per heavy atom. The van der Waals surface area contributed by atoms with E-state index in [0.29, 0.717) is 11.5 Å². The summed E-state index contributed by atoms with van der Waals surface area (Å²) in [6.07, 6.45) is 3.70. The standard InChI is InChI=1S/C18H31N/c1-14(2)19-12-11-18(5,6)10-9-17-8-7-15(3)13-16(17)4/h7-8,13-14,19H,9-12H2,1-6H3. The molecule has 0 saturated heterocycles. The molecule has 0 fully saturated rings. The van der Waals surface area contributed by atoms with Gasteiger partial charge in [-0.2, -0.15) is 0 Å². The van der Waals surface area contributed by atoms with Crippen LogP contribution in [0.3, 0.4) is 0 Å². The minimum absolute atomic E-state index is 0.416. The van der Waals surface area contributed by atoms with E-state index in [0.717, 1.165) is 6.54 Å². The van der Waals surface area contributed by atoms with Crippen molar-refractivity contribution in [1.82, 2.24) is 5.32 Å². The average molecular weight is 261 g/mol. The van der Waals surface area contributed by atoms with Gasteiger partial charge in [0, 0.05) is 6.04 Å². The summed E-state index contributed by atoms with van der Waals surface area (Å²) in [5.41, 5.74) is 4.73. The predicted octanol–water partition coefficient (Wildman–Crippen LogP) is 4.65. The third-order valence-corrected chi connectivity index (χ3v) is 3.92. The molecular weight excluding hydrogens is 230 g/mol. The van der Waals surface area contributed by atoms with E-state index in [4.69, 9.17) is 0 Å². The lowest BCUT2D eigenvalue weighted by Crippen LogP contribution is -2.28. The first-order valence-corrected chi connectivity index (χ1v) is 7.60. The first-order chi connectivity index (χ1) is 8.80. The van der Waals surface area contributed by atoms with E-state index in [2.05, 4.69) is 65.1 Å². The van der Waals surface area contributed by atoms with Gasteiger partial charge in [0.1, 0.15) is 0 Å². The molecule has 1 rings (SSSR count). The molecule has 19 heavy (non-hydrogen) atoms. The number of benzene rings is 1. The summed E-state index contributed by atoms with van der Waals surface area (Å²) in [7, 11) is 0. The first kappa shape index (κ1) is 16.2. The van der Waals surface area contributed by atoms with Gasteiger partial charge >= 0.3 is 0 Å². The van der Waals surface area contributed by atoms with Crippen LogP contribution in [0.2, 0.25) is 0 Å². The Morgan fingerprint density at radius 1 is 1.11 bits per heavy atom. The molecule has 0 unspecified atom stereocenters. The molecule has 1 nitrogen and oxygen atoms in total. The van der Waals surface area contributed by atoms with Gasteiger partial charge < -0.3 is 5.32 Å². The maximum Gasteiger partial charge on any atom is 0.00103 e. The number of rotatable bonds is 7. The fraction of sp³-hybridized carbons (Fsp3) is 0.667. The van der Waals surface area contributed by atoms with Gasteiger partial charge in [-0.05, 0) is 56.2 Å². The molecule has 0 aliphatic heterocycles.